The zero-order valence-corrected chi connectivity index (χ0v) is 11.3. The molecule has 0 aromatic carbocycles. The SMILES string of the molecule is CC(C)[C@@H](NC(=O)C1CC(=O)N(C2CC2)C1)C(=O)O. The van der Waals surface area contributed by atoms with Crippen molar-refractivity contribution < 1.29 is 19.5 Å². The van der Waals surface area contributed by atoms with Crippen LogP contribution in [0, 0.1) is 11.8 Å². The second-order valence-corrected chi connectivity index (χ2v) is 5.75. The zero-order valence-electron chi connectivity index (χ0n) is 11.3. The van der Waals surface area contributed by atoms with Crippen molar-refractivity contribution >= 4 is 17.8 Å². The molecule has 2 aliphatic rings. The first kappa shape index (κ1) is 13.8. The molecule has 2 amide bonds. The summed E-state index contributed by atoms with van der Waals surface area (Å²) >= 11 is 0. The number of carboxylic acids is 1. The first-order chi connectivity index (χ1) is 8.90. The van der Waals surface area contributed by atoms with Crippen LogP contribution in [0.5, 0.6) is 0 Å². The maximum atomic E-state index is 12.0. The highest BCUT2D eigenvalue weighted by atomic mass is 16.4. The molecule has 1 aliphatic carbocycles. The van der Waals surface area contributed by atoms with E-state index >= 15 is 0 Å². The number of carbonyl (C=O) groups is 3. The van der Waals surface area contributed by atoms with Crippen LogP contribution in [0.2, 0.25) is 0 Å². The summed E-state index contributed by atoms with van der Waals surface area (Å²) in [6, 6.07) is -0.580. The van der Waals surface area contributed by atoms with Crippen LogP contribution in [-0.4, -0.2) is 46.4 Å². The Morgan fingerprint density at radius 3 is 2.47 bits per heavy atom. The summed E-state index contributed by atoms with van der Waals surface area (Å²) in [4.78, 5) is 36.6. The van der Waals surface area contributed by atoms with E-state index in [-0.39, 0.29) is 24.2 Å². The third-order valence-electron chi connectivity index (χ3n) is 3.75. The van der Waals surface area contributed by atoms with Gasteiger partial charge in [-0.25, -0.2) is 4.79 Å². The minimum atomic E-state index is -1.04. The van der Waals surface area contributed by atoms with Gasteiger partial charge >= 0.3 is 5.97 Å². The summed E-state index contributed by atoms with van der Waals surface area (Å²) in [5, 5.41) is 11.6. The van der Waals surface area contributed by atoms with Gasteiger partial charge in [0.1, 0.15) is 6.04 Å². The van der Waals surface area contributed by atoms with Crippen molar-refractivity contribution in [1.29, 1.82) is 0 Å². The van der Waals surface area contributed by atoms with Crippen molar-refractivity contribution in [2.24, 2.45) is 11.8 Å². The van der Waals surface area contributed by atoms with Gasteiger partial charge in [0.05, 0.1) is 5.92 Å². The molecular formula is C13H20N2O4. The lowest BCUT2D eigenvalue weighted by Crippen LogP contribution is -2.47. The molecule has 0 aromatic heterocycles. The number of hydrogen-bond acceptors (Lipinski definition) is 3. The van der Waals surface area contributed by atoms with Gasteiger partial charge in [-0.3, -0.25) is 9.59 Å². The van der Waals surface area contributed by atoms with E-state index < -0.39 is 17.9 Å². The maximum Gasteiger partial charge on any atom is 0.326 e. The van der Waals surface area contributed by atoms with Crippen molar-refractivity contribution in [3.8, 4) is 0 Å². The molecule has 19 heavy (non-hydrogen) atoms. The van der Waals surface area contributed by atoms with Crippen molar-refractivity contribution in [3.63, 3.8) is 0 Å². The molecule has 2 N–H and O–H groups in total. The quantitative estimate of drug-likeness (QED) is 0.747. The highest BCUT2D eigenvalue weighted by molar-refractivity contribution is 5.91. The Bertz CT molecular complexity index is 403. The van der Waals surface area contributed by atoms with E-state index in [2.05, 4.69) is 5.32 Å². The van der Waals surface area contributed by atoms with E-state index in [1.54, 1.807) is 18.7 Å². The summed E-state index contributed by atoms with van der Waals surface area (Å²) < 4.78 is 0. The summed E-state index contributed by atoms with van der Waals surface area (Å²) in [5.74, 6) is -1.94. The van der Waals surface area contributed by atoms with E-state index in [0.717, 1.165) is 12.8 Å². The largest absolute Gasteiger partial charge is 0.480 e. The first-order valence-corrected chi connectivity index (χ1v) is 6.72. The van der Waals surface area contributed by atoms with E-state index in [4.69, 9.17) is 5.11 Å². The summed E-state index contributed by atoms with van der Waals surface area (Å²) in [6.07, 6.45) is 2.24. The monoisotopic (exact) mass is 268 g/mol. The standard InChI is InChI=1S/C13H20N2O4/c1-7(2)11(13(18)19)14-12(17)8-5-10(16)15(6-8)9-3-4-9/h7-9,11H,3-6H2,1-2H3,(H,14,17)(H,18,19)/t8?,11-/m1/s1. The number of carboxylic acid groups (broad SMARTS) is 1. The number of nitrogens with zero attached hydrogens (tertiary/aromatic N) is 1. The molecule has 2 atom stereocenters. The van der Waals surface area contributed by atoms with Crippen LogP contribution < -0.4 is 5.32 Å². The fraction of sp³-hybridized carbons (Fsp3) is 0.769. The van der Waals surface area contributed by atoms with Crippen LogP contribution in [0.1, 0.15) is 33.1 Å². The number of amides is 2. The van der Waals surface area contributed by atoms with E-state index in [1.165, 1.54) is 0 Å². The molecule has 1 unspecified atom stereocenters. The van der Waals surface area contributed by atoms with Crippen molar-refractivity contribution in [3.05, 3.63) is 0 Å². The van der Waals surface area contributed by atoms with E-state index in [9.17, 15) is 14.4 Å². The average molecular weight is 268 g/mol. The van der Waals surface area contributed by atoms with Gasteiger partial charge in [-0.2, -0.15) is 0 Å². The molecule has 0 radical (unpaired) electrons. The Morgan fingerprint density at radius 2 is 2.00 bits per heavy atom. The van der Waals surface area contributed by atoms with Crippen LogP contribution in [0.15, 0.2) is 0 Å². The predicted octanol–water partition coefficient (Wildman–Crippen LogP) is 0.223. The molecule has 1 saturated heterocycles. The maximum absolute atomic E-state index is 12.0. The molecule has 1 aliphatic heterocycles. The van der Waals surface area contributed by atoms with Gasteiger partial charge in [0, 0.05) is 19.0 Å². The number of nitrogens with one attached hydrogen (secondary N) is 1. The Morgan fingerprint density at radius 1 is 1.37 bits per heavy atom. The Kier molecular flexibility index (Phi) is 3.78. The number of hydrogen-bond donors (Lipinski definition) is 2. The predicted molar refractivity (Wildman–Crippen MR) is 67.2 cm³/mol. The van der Waals surface area contributed by atoms with Crippen LogP contribution in [0.3, 0.4) is 0 Å². The summed E-state index contributed by atoms with van der Waals surface area (Å²) in [5.41, 5.74) is 0. The Balaban J connectivity index is 1.93. The fourth-order valence-electron chi connectivity index (χ4n) is 2.43. The van der Waals surface area contributed by atoms with Crippen molar-refractivity contribution in [2.75, 3.05) is 6.54 Å². The fourth-order valence-corrected chi connectivity index (χ4v) is 2.43. The normalized spacial score (nSPS) is 24.7. The number of likely N-dealkylation sites (tertiary alicyclic amines) is 1. The number of rotatable bonds is 5. The average Bonchev–Trinajstić information content (AvgIpc) is 3.08. The van der Waals surface area contributed by atoms with Crippen LogP contribution in [0.4, 0.5) is 0 Å². The third-order valence-corrected chi connectivity index (χ3v) is 3.75. The molecule has 1 heterocycles. The molecule has 0 aromatic rings. The van der Waals surface area contributed by atoms with Gasteiger partial charge in [-0.05, 0) is 18.8 Å². The van der Waals surface area contributed by atoms with Gasteiger partial charge in [-0.1, -0.05) is 13.8 Å². The van der Waals surface area contributed by atoms with Crippen LogP contribution in [0.25, 0.3) is 0 Å². The first-order valence-electron chi connectivity index (χ1n) is 6.72. The van der Waals surface area contributed by atoms with Gasteiger partial charge in [0.2, 0.25) is 11.8 Å². The molecule has 6 nitrogen and oxygen atoms in total. The minimum Gasteiger partial charge on any atom is -0.480 e. The topological polar surface area (TPSA) is 86.7 Å². The molecule has 2 fully saturated rings. The lowest BCUT2D eigenvalue weighted by molar-refractivity contribution is -0.143. The Hall–Kier alpha value is -1.59. The highest BCUT2D eigenvalue weighted by Gasteiger charge is 2.42. The van der Waals surface area contributed by atoms with Gasteiger partial charge < -0.3 is 15.3 Å². The van der Waals surface area contributed by atoms with Crippen LogP contribution >= 0.6 is 0 Å². The molecule has 2 rings (SSSR count). The van der Waals surface area contributed by atoms with E-state index in [0.29, 0.717) is 12.6 Å². The van der Waals surface area contributed by atoms with E-state index in [1.807, 2.05) is 0 Å². The summed E-state index contributed by atoms with van der Waals surface area (Å²) in [6.45, 7) is 3.92. The number of carbonyl (C=O) groups excluding carboxylic acids is 2. The molecule has 6 heteroatoms. The molecule has 106 valence electrons. The number of aliphatic carboxylic acids is 1. The van der Waals surface area contributed by atoms with Gasteiger partial charge in [0.25, 0.3) is 0 Å². The van der Waals surface area contributed by atoms with Crippen molar-refractivity contribution in [2.45, 2.75) is 45.2 Å². The van der Waals surface area contributed by atoms with Gasteiger partial charge in [0.15, 0.2) is 0 Å². The van der Waals surface area contributed by atoms with Gasteiger partial charge in [-0.15, -0.1) is 0 Å². The van der Waals surface area contributed by atoms with Crippen molar-refractivity contribution in [1.82, 2.24) is 10.2 Å². The molecular weight excluding hydrogens is 248 g/mol. The minimum absolute atomic E-state index is 0.0130. The second-order valence-electron chi connectivity index (χ2n) is 5.75. The van der Waals surface area contributed by atoms with Crippen LogP contribution in [-0.2, 0) is 14.4 Å². The molecule has 1 saturated carbocycles. The summed E-state index contributed by atoms with van der Waals surface area (Å²) in [7, 11) is 0. The highest BCUT2D eigenvalue weighted by Crippen LogP contribution is 2.32. The zero-order chi connectivity index (χ0) is 14.2. The second kappa shape index (κ2) is 5.19. The third kappa shape index (κ3) is 3.05. The lowest BCUT2D eigenvalue weighted by Gasteiger charge is -2.20. The lowest BCUT2D eigenvalue weighted by atomic mass is 10.0. The Labute approximate surface area is 112 Å². The molecule has 0 bridgehead atoms. The molecule has 0 spiro atoms. The smallest absolute Gasteiger partial charge is 0.326 e.